The molecule has 1 saturated carbocycles. The predicted octanol–water partition coefficient (Wildman–Crippen LogP) is 2.80. The van der Waals surface area contributed by atoms with Crippen molar-refractivity contribution in [2.24, 2.45) is 11.3 Å². The summed E-state index contributed by atoms with van der Waals surface area (Å²) in [5.74, 6) is 0.972. The minimum atomic E-state index is -0.220. The first-order valence-corrected chi connectivity index (χ1v) is 8.29. The number of carbonyl (C=O) groups is 1. The second kappa shape index (κ2) is 6.58. The molecule has 7 heteroatoms. The van der Waals surface area contributed by atoms with E-state index < -0.39 is 0 Å². The molecule has 2 atom stereocenters. The van der Waals surface area contributed by atoms with Gasteiger partial charge in [0.2, 0.25) is 11.0 Å². The Hall–Kier alpha value is -0.720. The Morgan fingerprint density at radius 2 is 2.24 bits per heavy atom. The number of rotatable bonds is 3. The maximum atomic E-state index is 12.7. The summed E-state index contributed by atoms with van der Waals surface area (Å²) in [6.07, 6.45) is 4.55. The molecule has 1 amide bonds. The van der Waals surface area contributed by atoms with Crippen molar-refractivity contribution in [2.75, 3.05) is 18.4 Å². The minimum Gasteiger partial charge on any atom is -0.315 e. The number of anilines is 1. The lowest BCUT2D eigenvalue weighted by molar-refractivity contribution is -0.128. The Balaban J connectivity index is 0.00000161. The topological polar surface area (TPSA) is 66.9 Å². The standard InChI is InChI=1S/C14H22N4OS.ClH/c1-9(2)11-17-18-13(20-11)16-12(19)14-6-4-3-5-10(14)7-15-8-14;/h9-10,15H,3-8H2,1-2H3,(H,16,18,19);1H/t10-,14+;/m0./s1. The third kappa shape index (κ3) is 3.07. The molecule has 1 saturated heterocycles. The highest BCUT2D eigenvalue weighted by Crippen LogP contribution is 2.44. The van der Waals surface area contributed by atoms with Crippen LogP contribution in [-0.2, 0) is 4.79 Å². The van der Waals surface area contributed by atoms with E-state index in [1.165, 1.54) is 17.8 Å². The van der Waals surface area contributed by atoms with Crippen LogP contribution in [0.1, 0.15) is 50.5 Å². The first-order valence-electron chi connectivity index (χ1n) is 7.47. The second-order valence-corrected chi connectivity index (χ2v) is 7.29. The summed E-state index contributed by atoms with van der Waals surface area (Å²) in [5, 5.41) is 16.3. The molecule has 0 unspecified atom stereocenters. The molecule has 0 bridgehead atoms. The smallest absolute Gasteiger partial charge is 0.234 e. The largest absolute Gasteiger partial charge is 0.315 e. The van der Waals surface area contributed by atoms with Gasteiger partial charge in [-0.15, -0.1) is 22.6 Å². The molecule has 5 nitrogen and oxygen atoms in total. The highest BCUT2D eigenvalue weighted by molar-refractivity contribution is 7.15. The fourth-order valence-corrected chi connectivity index (χ4v) is 4.17. The molecule has 21 heavy (non-hydrogen) atoms. The average molecular weight is 331 g/mol. The van der Waals surface area contributed by atoms with Crippen LogP contribution < -0.4 is 10.6 Å². The number of nitrogens with zero attached hydrogens (tertiary/aromatic N) is 2. The van der Waals surface area contributed by atoms with Gasteiger partial charge in [0, 0.05) is 12.5 Å². The number of amides is 1. The lowest BCUT2D eigenvalue weighted by Gasteiger charge is -2.36. The quantitative estimate of drug-likeness (QED) is 0.894. The fraction of sp³-hybridized carbons (Fsp3) is 0.786. The van der Waals surface area contributed by atoms with Gasteiger partial charge in [-0.3, -0.25) is 10.1 Å². The fourth-order valence-electron chi connectivity index (χ4n) is 3.43. The molecule has 1 aromatic heterocycles. The summed E-state index contributed by atoms with van der Waals surface area (Å²) in [7, 11) is 0. The Morgan fingerprint density at radius 1 is 1.43 bits per heavy atom. The van der Waals surface area contributed by atoms with Crippen LogP contribution in [0, 0.1) is 11.3 Å². The van der Waals surface area contributed by atoms with Gasteiger partial charge in [-0.05, 0) is 25.3 Å². The molecule has 1 aromatic rings. The van der Waals surface area contributed by atoms with E-state index in [0.29, 0.717) is 17.0 Å². The summed E-state index contributed by atoms with van der Waals surface area (Å²) < 4.78 is 0. The van der Waals surface area contributed by atoms with Crippen LogP contribution in [0.15, 0.2) is 0 Å². The molecule has 118 valence electrons. The normalized spacial score (nSPS) is 28.0. The lowest BCUT2D eigenvalue weighted by atomic mass is 9.68. The molecular formula is C14H23ClN4OS. The van der Waals surface area contributed by atoms with Gasteiger partial charge in [0.05, 0.1) is 5.41 Å². The van der Waals surface area contributed by atoms with Crippen molar-refractivity contribution in [2.45, 2.75) is 45.4 Å². The highest BCUT2D eigenvalue weighted by Gasteiger charge is 2.50. The van der Waals surface area contributed by atoms with Crippen molar-refractivity contribution in [3.05, 3.63) is 5.01 Å². The van der Waals surface area contributed by atoms with E-state index in [4.69, 9.17) is 0 Å². The van der Waals surface area contributed by atoms with Gasteiger partial charge in [0.1, 0.15) is 5.01 Å². The van der Waals surface area contributed by atoms with Crippen molar-refractivity contribution >= 4 is 34.8 Å². The maximum absolute atomic E-state index is 12.7. The molecule has 2 fully saturated rings. The van der Waals surface area contributed by atoms with Crippen LogP contribution in [0.2, 0.25) is 0 Å². The van der Waals surface area contributed by atoms with Crippen LogP contribution in [-0.4, -0.2) is 29.2 Å². The van der Waals surface area contributed by atoms with E-state index >= 15 is 0 Å². The predicted molar refractivity (Wildman–Crippen MR) is 87.1 cm³/mol. The zero-order valence-electron chi connectivity index (χ0n) is 12.5. The first-order chi connectivity index (χ1) is 9.62. The van der Waals surface area contributed by atoms with Gasteiger partial charge in [-0.1, -0.05) is 38.0 Å². The van der Waals surface area contributed by atoms with E-state index in [0.717, 1.165) is 37.4 Å². The van der Waals surface area contributed by atoms with Crippen LogP contribution in [0.5, 0.6) is 0 Å². The van der Waals surface area contributed by atoms with E-state index in [1.54, 1.807) is 0 Å². The van der Waals surface area contributed by atoms with E-state index in [1.807, 2.05) is 0 Å². The lowest BCUT2D eigenvalue weighted by Crippen LogP contribution is -2.44. The number of carbonyl (C=O) groups excluding carboxylic acids is 1. The number of nitrogens with one attached hydrogen (secondary N) is 2. The number of fused-ring (bicyclic) bond motifs is 1. The van der Waals surface area contributed by atoms with Gasteiger partial charge in [-0.25, -0.2) is 0 Å². The van der Waals surface area contributed by atoms with Crippen molar-refractivity contribution < 1.29 is 4.79 Å². The SMILES string of the molecule is CC(C)c1nnc(NC(=O)[C@@]23CCCC[C@H]2CNC3)s1.Cl. The van der Waals surface area contributed by atoms with Crippen LogP contribution >= 0.6 is 23.7 Å². The van der Waals surface area contributed by atoms with Crippen LogP contribution in [0.25, 0.3) is 0 Å². The second-order valence-electron chi connectivity index (χ2n) is 6.28. The average Bonchev–Trinajstić information content (AvgIpc) is 3.04. The highest BCUT2D eigenvalue weighted by atomic mass is 35.5. The molecule has 2 heterocycles. The molecule has 0 aromatic carbocycles. The molecule has 0 spiro atoms. The Bertz CT molecular complexity index is 507. The molecule has 1 aliphatic heterocycles. The van der Waals surface area contributed by atoms with Crippen molar-refractivity contribution in [1.29, 1.82) is 0 Å². The molecular weight excluding hydrogens is 308 g/mol. The van der Waals surface area contributed by atoms with Gasteiger partial charge >= 0.3 is 0 Å². The van der Waals surface area contributed by atoms with Crippen molar-refractivity contribution in [3.8, 4) is 0 Å². The number of halogens is 1. The molecule has 3 rings (SSSR count). The minimum absolute atomic E-state index is 0. The third-order valence-electron chi connectivity index (χ3n) is 4.65. The van der Waals surface area contributed by atoms with Crippen LogP contribution in [0.3, 0.4) is 0 Å². The van der Waals surface area contributed by atoms with Gasteiger partial charge in [0.15, 0.2) is 0 Å². The van der Waals surface area contributed by atoms with Gasteiger partial charge in [0.25, 0.3) is 0 Å². The summed E-state index contributed by atoms with van der Waals surface area (Å²) in [5.41, 5.74) is -0.220. The Kier molecular flexibility index (Phi) is 5.22. The number of hydrogen-bond acceptors (Lipinski definition) is 5. The van der Waals surface area contributed by atoms with Gasteiger partial charge < -0.3 is 5.32 Å². The zero-order valence-corrected chi connectivity index (χ0v) is 14.1. The Labute approximate surface area is 135 Å². The molecule has 2 aliphatic rings. The summed E-state index contributed by atoms with van der Waals surface area (Å²) >= 11 is 1.49. The van der Waals surface area contributed by atoms with E-state index in [2.05, 4.69) is 34.7 Å². The molecule has 1 aliphatic carbocycles. The number of hydrogen-bond donors (Lipinski definition) is 2. The summed E-state index contributed by atoms with van der Waals surface area (Å²) in [4.78, 5) is 12.7. The molecule has 2 N–H and O–H groups in total. The third-order valence-corrected chi connectivity index (χ3v) is 5.78. The van der Waals surface area contributed by atoms with Crippen molar-refractivity contribution in [1.82, 2.24) is 15.5 Å². The van der Waals surface area contributed by atoms with E-state index in [9.17, 15) is 4.79 Å². The first kappa shape index (κ1) is 16.6. The maximum Gasteiger partial charge on any atom is 0.234 e. The molecule has 0 radical (unpaired) electrons. The van der Waals surface area contributed by atoms with E-state index in [-0.39, 0.29) is 23.7 Å². The van der Waals surface area contributed by atoms with Crippen LogP contribution in [0.4, 0.5) is 5.13 Å². The summed E-state index contributed by atoms with van der Waals surface area (Å²) in [6.45, 7) is 5.95. The van der Waals surface area contributed by atoms with Crippen molar-refractivity contribution in [3.63, 3.8) is 0 Å². The Morgan fingerprint density at radius 3 is 2.95 bits per heavy atom. The monoisotopic (exact) mass is 330 g/mol. The number of aromatic nitrogens is 2. The van der Waals surface area contributed by atoms with Gasteiger partial charge in [-0.2, -0.15) is 0 Å². The zero-order chi connectivity index (χ0) is 14.2. The summed E-state index contributed by atoms with van der Waals surface area (Å²) in [6, 6.07) is 0.